The zero-order valence-corrected chi connectivity index (χ0v) is 24.9. The molecule has 220 valence electrons. The van der Waals surface area contributed by atoms with Crippen LogP contribution in [0.4, 0.5) is 26.4 Å². The molecule has 0 bridgehead atoms. The number of aromatic nitrogens is 1. The summed E-state index contributed by atoms with van der Waals surface area (Å²) in [7, 11) is -1.52. The van der Waals surface area contributed by atoms with Crippen molar-refractivity contribution >= 4 is 66.3 Å². The van der Waals surface area contributed by atoms with Crippen molar-refractivity contribution < 1.29 is 27.7 Å². The average Bonchev–Trinajstić information content (AvgIpc) is 3.36. The van der Waals surface area contributed by atoms with Gasteiger partial charge < -0.3 is 21.1 Å². The lowest BCUT2D eigenvalue weighted by atomic mass is 10.1. The van der Waals surface area contributed by atoms with Gasteiger partial charge in [-0.3, -0.25) is 9.59 Å². The minimum atomic E-state index is -2.82. The molecular formula is C29H30FN5O5S2. The standard InChI is InChI=1S/C29H30FN5O5S2/c1-17-7-9-22(30)23(12-17)34-29(38)33-20-8-10-24-18(13-20)15-25(41-24)21-14-19(16-32-27(21)31)28(37)35-42(3,39)11-5-4-6-26(36)40-2/h7-10,12-16H,4-6,11H2,1-3H3,(H2,31,32)(H2,33,34,38). The van der Waals surface area contributed by atoms with Crippen LogP contribution in [0.15, 0.2) is 59.1 Å². The highest BCUT2D eigenvalue weighted by atomic mass is 32.2. The highest BCUT2D eigenvalue weighted by Gasteiger charge is 2.16. The number of pyridine rings is 1. The maximum atomic E-state index is 14.0. The number of halogens is 1. The monoisotopic (exact) mass is 611 g/mol. The summed E-state index contributed by atoms with van der Waals surface area (Å²) in [6.45, 7) is 1.80. The Bertz CT molecular complexity index is 1800. The number of nitrogens with one attached hydrogen (secondary N) is 2. The molecule has 4 rings (SSSR count). The van der Waals surface area contributed by atoms with Crippen molar-refractivity contribution in [3.8, 4) is 10.4 Å². The predicted octanol–water partition coefficient (Wildman–Crippen LogP) is 6.22. The molecule has 4 aromatic rings. The van der Waals surface area contributed by atoms with Gasteiger partial charge in [-0.05, 0) is 73.2 Å². The van der Waals surface area contributed by atoms with E-state index in [2.05, 4.69) is 24.7 Å². The number of hydrogen-bond acceptors (Lipinski definition) is 8. The van der Waals surface area contributed by atoms with Gasteiger partial charge in [0.25, 0.3) is 5.91 Å². The number of nitrogen functional groups attached to an aromatic ring is 1. The van der Waals surface area contributed by atoms with Crippen LogP contribution in [0.25, 0.3) is 20.5 Å². The number of thiophene rings is 1. The van der Waals surface area contributed by atoms with Gasteiger partial charge in [-0.2, -0.15) is 4.36 Å². The number of methoxy groups -OCH3 is 1. The number of urea groups is 1. The summed E-state index contributed by atoms with van der Waals surface area (Å²) in [5.41, 5.74) is 8.18. The molecule has 0 fully saturated rings. The Morgan fingerprint density at radius 3 is 2.64 bits per heavy atom. The number of benzene rings is 2. The van der Waals surface area contributed by atoms with Crippen LogP contribution in [0, 0.1) is 12.7 Å². The van der Waals surface area contributed by atoms with Gasteiger partial charge in [0.1, 0.15) is 11.6 Å². The second kappa shape index (κ2) is 13.1. The number of unbranched alkanes of at least 4 members (excludes halogenated alkanes) is 1. The van der Waals surface area contributed by atoms with Crippen molar-refractivity contribution in [3.63, 3.8) is 0 Å². The predicted molar refractivity (Wildman–Crippen MR) is 165 cm³/mol. The van der Waals surface area contributed by atoms with E-state index < -0.39 is 27.5 Å². The Hall–Kier alpha value is -4.36. The number of aryl methyl sites for hydroxylation is 1. The van der Waals surface area contributed by atoms with E-state index in [1.165, 1.54) is 37.0 Å². The maximum Gasteiger partial charge on any atom is 0.323 e. The second-order valence-corrected chi connectivity index (χ2v) is 13.3. The van der Waals surface area contributed by atoms with E-state index in [9.17, 15) is 23.0 Å². The van der Waals surface area contributed by atoms with Crippen molar-refractivity contribution in [2.75, 3.05) is 35.5 Å². The van der Waals surface area contributed by atoms with Crippen LogP contribution in [0.3, 0.4) is 0 Å². The van der Waals surface area contributed by atoms with Crippen LogP contribution >= 0.6 is 11.3 Å². The van der Waals surface area contributed by atoms with E-state index in [4.69, 9.17) is 5.73 Å². The molecule has 0 spiro atoms. The number of amides is 3. The molecule has 0 saturated heterocycles. The molecule has 0 aliphatic rings. The molecule has 2 aromatic carbocycles. The minimum Gasteiger partial charge on any atom is -0.469 e. The van der Waals surface area contributed by atoms with Crippen molar-refractivity contribution in [2.45, 2.75) is 26.2 Å². The normalized spacial score (nSPS) is 12.4. The Labute approximate surface area is 246 Å². The summed E-state index contributed by atoms with van der Waals surface area (Å²) in [6, 6.07) is 12.6. The van der Waals surface area contributed by atoms with E-state index >= 15 is 0 Å². The molecule has 1 atom stereocenters. The molecule has 3 amide bonds. The number of carbonyl (C=O) groups excluding carboxylic acids is 3. The Balaban J connectivity index is 1.49. The maximum absolute atomic E-state index is 14.0. The topological polar surface area (TPSA) is 153 Å². The smallest absolute Gasteiger partial charge is 0.323 e. The van der Waals surface area contributed by atoms with Crippen LogP contribution in [0.5, 0.6) is 0 Å². The molecule has 2 aromatic heterocycles. The SMILES string of the molecule is COC(=O)CCCCS(C)(=O)=NC(=O)c1cnc(N)c(-c2cc3cc(NC(=O)Nc4cc(C)ccc4F)ccc3s2)c1. The molecular weight excluding hydrogens is 581 g/mol. The van der Waals surface area contributed by atoms with Crippen LogP contribution in [0.2, 0.25) is 0 Å². The number of carbonyl (C=O) groups is 3. The van der Waals surface area contributed by atoms with Crippen molar-refractivity contribution in [1.82, 2.24) is 4.98 Å². The van der Waals surface area contributed by atoms with Crippen LogP contribution in [-0.2, 0) is 19.3 Å². The summed E-state index contributed by atoms with van der Waals surface area (Å²) >= 11 is 1.42. The summed E-state index contributed by atoms with van der Waals surface area (Å²) in [4.78, 5) is 41.5. The quantitative estimate of drug-likeness (QED) is 0.150. The lowest BCUT2D eigenvalue weighted by molar-refractivity contribution is -0.140. The van der Waals surface area contributed by atoms with Gasteiger partial charge in [0.15, 0.2) is 0 Å². The van der Waals surface area contributed by atoms with Gasteiger partial charge in [-0.15, -0.1) is 11.3 Å². The summed E-state index contributed by atoms with van der Waals surface area (Å²) in [6.07, 6.45) is 3.84. The highest BCUT2D eigenvalue weighted by Crippen LogP contribution is 2.37. The Morgan fingerprint density at radius 1 is 1.10 bits per heavy atom. The first kappa shape index (κ1) is 30.6. The number of hydrogen-bond donors (Lipinski definition) is 3. The number of nitrogens with two attached hydrogens (primary N) is 1. The second-order valence-electron chi connectivity index (χ2n) is 9.68. The lowest BCUT2D eigenvalue weighted by Gasteiger charge is -2.09. The third-order valence-corrected chi connectivity index (χ3v) is 8.98. The van der Waals surface area contributed by atoms with Gasteiger partial charge in [-0.25, -0.2) is 18.4 Å². The lowest BCUT2D eigenvalue weighted by Crippen LogP contribution is -2.20. The zero-order valence-electron chi connectivity index (χ0n) is 23.2. The highest BCUT2D eigenvalue weighted by molar-refractivity contribution is 7.93. The molecule has 1 unspecified atom stereocenters. The van der Waals surface area contributed by atoms with Crippen molar-refractivity contribution in [1.29, 1.82) is 0 Å². The third kappa shape index (κ3) is 7.89. The summed E-state index contributed by atoms with van der Waals surface area (Å²) in [5, 5.41) is 6.02. The van der Waals surface area contributed by atoms with Gasteiger partial charge in [0.2, 0.25) is 0 Å². The van der Waals surface area contributed by atoms with E-state index in [0.717, 1.165) is 20.5 Å². The van der Waals surface area contributed by atoms with E-state index in [1.54, 1.807) is 37.3 Å². The molecule has 0 radical (unpaired) electrons. The Kier molecular flexibility index (Phi) is 9.53. The fourth-order valence-electron chi connectivity index (χ4n) is 4.08. The van der Waals surface area contributed by atoms with Gasteiger partial charge in [0, 0.05) is 45.5 Å². The number of fused-ring (bicyclic) bond motifs is 1. The molecule has 0 saturated carbocycles. The third-order valence-electron chi connectivity index (χ3n) is 6.23. The number of esters is 1. The molecule has 13 heteroatoms. The number of anilines is 3. The van der Waals surface area contributed by atoms with Gasteiger partial charge in [-0.1, -0.05) is 6.07 Å². The average molecular weight is 612 g/mol. The first-order valence-corrected chi connectivity index (χ1v) is 15.8. The molecule has 0 aliphatic heterocycles. The molecule has 42 heavy (non-hydrogen) atoms. The van der Waals surface area contributed by atoms with Gasteiger partial charge >= 0.3 is 12.0 Å². The van der Waals surface area contributed by atoms with Crippen LogP contribution in [-0.4, -0.2) is 46.2 Å². The first-order valence-electron chi connectivity index (χ1n) is 12.9. The fraction of sp³-hybridized carbons (Fsp3) is 0.241. The molecule has 10 nitrogen and oxygen atoms in total. The molecule has 0 aliphatic carbocycles. The van der Waals surface area contributed by atoms with Crippen LogP contribution in [0.1, 0.15) is 35.2 Å². The number of rotatable bonds is 9. The van der Waals surface area contributed by atoms with E-state index in [-0.39, 0.29) is 35.2 Å². The van der Waals surface area contributed by atoms with Crippen molar-refractivity contribution in [3.05, 3.63) is 71.7 Å². The summed E-state index contributed by atoms with van der Waals surface area (Å²) in [5.74, 6) is -1.19. The zero-order chi connectivity index (χ0) is 30.4. The number of nitrogens with zero attached hydrogens (tertiary/aromatic N) is 2. The first-order chi connectivity index (χ1) is 19.9. The molecule has 4 N–H and O–H groups in total. The largest absolute Gasteiger partial charge is 0.469 e. The number of ether oxygens (including phenoxy) is 1. The minimum absolute atomic E-state index is 0.0768. The van der Waals surface area contributed by atoms with Gasteiger partial charge in [0.05, 0.1) is 28.1 Å². The van der Waals surface area contributed by atoms with E-state index in [1.807, 2.05) is 12.1 Å². The van der Waals surface area contributed by atoms with E-state index in [0.29, 0.717) is 24.1 Å². The summed E-state index contributed by atoms with van der Waals surface area (Å²) < 4.78 is 36.3. The Morgan fingerprint density at radius 2 is 1.88 bits per heavy atom. The van der Waals surface area contributed by atoms with Crippen LogP contribution < -0.4 is 16.4 Å². The molecule has 2 heterocycles. The van der Waals surface area contributed by atoms with Crippen molar-refractivity contribution in [2.24, 2.45) is 4.36 Å². The fourth-order valence-corrected chi connectivity index (χ4v) is 6.43.